The van der Waals surface area contributed by atoms with E-state index >= 15 is 0 Å². The summed E-state index contributed by atoms with van der Waals surface area (Å²) in [6.45, 7) is 8.12. The number of nitrogens with one attached hydrogen (secondary N) is 1. The van der Waals surface area contributed by atoms with E-state index in [0.717, 1.165) is 26.3 Å². The number of ether oxygens (including phenoxy) is 1. The maximum atomic E-state index is 11.4. The molecule has 0 aromatic carbocycles. The summed E-state index contributed by atoms with van der Waals surface area (Å²) in [5, 5.41) is 2.91. The van der Waals surface area contributed by atoms with Crippen molar-refractivity contribution in [3.05, 3.63) is 0 Å². The summed E-state index contributed by atoms with van der Waals surface area (Å²) in [7, 11) is 0. The van der Waals surface area contributed by atoms with Gasteiger partial charge in [-0.3, -0.25) is 9.69 Å². The monoisotopic (exact) mass is 229 g/mol. The lowest BCUT2D eigenvalue weighted by molar-refractivity contribution is -0.121. The Hall–Kier alpha value is -0.650. The lowest BCUT2D eigenvalue weighted by Crippen LogP contribution is -2.47. The Kier molecular flexibility index (Phi) is 5.73. The van der Waals surface area contributed by atoms with E-state index in [0.29, 0.717) is 19.0 Å². The van der Waals surface area contributed by atoms with Gasteiger partial charge in [0.25, 0.3) is 0 Å². The number of hydrogen-bond donors (Lipinski definition) is 2. The number of carbonyl (C=O) groups excluding carboxylic acids is 1. The van der Waals surface area contributed by atoms with Crippen molar-refractivity contribution in [3.63, 3.8) is 0 Å². The van der Waals surface area contributed by atoms with E-state index in [1.54, 1.807) is 0 Å². The topological polar surface area (TPSA) is 67.6 Å². The van der Waals surface area contributed by atoms with Crippen LogP contribution < -0.4 is 11.1 Å². The zero-order chi connectivity index (χ0) is 12.0. The largest absolute Gasteiger partial charge is 0.379 e. The first-order valence-corrected chi connectivity index (χ1v) is 5.93. The molecule has 0 bridgehead atoms. The molecule has 2 atom stereocenters. The molecule has 0 aromatic heterocycles. The van der Waals surface area contributed by atoms with Crippen LogP contribution in [0, 0.1) is 0 Å². The van der Waals surface area contributed by atoms with Crippen LogP contribution in [0.1, 0.15) is 20.3 Å². The summed E-state index contributed by atoms with van der Waals surface area (Å²) in [6.07, 6.45) is 0.399. The molecule has 5 heteroatoms. The van der Waals surface area contributed by atoms with Gasteiger partial charge in [0.05, 0.1) is 13.2 Å². The standard InChI is InChI=1S/C11H23N3O2/c1-9(12)7-11(15)13-8-10(2)14-3-5-16-6-4-14/h9-10H,3-8,12H2,1-2H3,(H,13,15). The van der Waals surface area contributed by atoms with E-state index in [4.69, 9.17) is 10.5 Å². The van der Waals surface area contributed by atoms with Gasteiger partial charge in [-0.2, -0.15) is 0 Å². The molecule has 2 unspecified atom stereocenters. The minimum Gasteiger partial charge on any atom is -0.379 e. The van der Waals surface area contributed by atoms with Crippen molar-refractivity contribution in [1.29, 1.82) is 0 Å². The first kappa shape index (κ1) is 13.4. The first-order chi connectivity index (χ1) is 7.59. The van der Waals surface area contributed by atoms with E-state index in [1.807, 2.05) is 6.92 Å². The zero-order valence-electron chi connectivity index (χ0n) is 10.2. The Balaban J connectivity index is 2.18. The highest BCUT2D eigenvalue weighted by atomic mass is 16.5. The van der Waals surface area contributed by atoms with Gasteiger partial charge in [-0.05, 0) is 13.8 Å². The molecule has 1 rings (SSSR count). The Bertz CT molecular complexity index is 215. The Morgan fingerprint density at radius 3 is 2.62 bits per heavy atom. The summed E-state index contributed by atoms with van der Waals surface area (Å²) in [5.74, 6) is 0.0371. The highest BCUT2D eigenvalue weighted by molar-refractivity contribution is 5.76. The van der Waals surface area contributed by atoms with Crippen LogP contribution in [0.3, 0.4) is 0 Å². The fraction of sp³-hybridized carbons (Fsp3) is 0.909. The second kappa shape index (κ2) is 6.83. The summed E-state index contributed by atoms with van der Waals surface area (Å²) in [5.41, 5.74) is 5.55. The quantitative estimate of drug-likeness (QED) is 0.671. The minimum absolute atomic E-state index is 0.0371. The maximum absolute atomic E-state index is 11.4. The van der Waals surface area contributed by atoms with Gasteiger partial charge in [-0.1, -0.05) is 0 Å². The van der Waals surface area contributed by atoms with Gasteiger partial charge in [0.2, 0.25) is 5.91 Å². The first-order valence-electron chi connectivity index (χ1n) is 5.93. The second-order valence-electron chi connectivity index (χ2n) is 4.48. The van der Waals surface area contributed by atoms with Crippen LogP contribution in [-0.4, -0.2) is 55.7 Å². The fourth-order valence-corrected chi connectivity index (χ4v) is 1.77. The van der Waals surface area contributed by atoms with E-state index in [2.05, 4.69) is 17.1 Å². The van der Waals surface area contributed by atoms with Crippen molar-refractivity contribution in [2.45, 2.75) is 32.4 Å². The van der Waals surface area contributed by atoms with Crippen molar-refractivity contribution in [2.24, 2.45) is 5.73 Å². The number of rotatable bonds is 5. The van der Waals surface area contributed by atoms with Gasteiger partial charge in [-0.25, -0.2) is 0 Å². The van der Waals surface area contributed by atoms with Crippen LogP contribution in [0.15, 0.2) is 0 Å². The normalized spacial score (nSPS) is 21.4. The molecule has 1 aliphatic heterocycles. The molecule has 0 aliphatic carbocycles. The van der Waals surface area contributed by atoms with Gasteiger partial charge >= 0.3 is 0 Å². The number of amides is 1. The van der Waals surface area contributed by atoms with Gasteiger partial charge in [-0.15, -0.1) is 0 Å². The average molecular weight is 229 g/mol. The van der Waals surface area contributed by atoms with Crippen LogP contribution in [0.4, 0.5) is 0 Å². The van der Waals surface area contributed by atoms with Crippen LogP contribution in [-0.2, 0) is 9.53 Å². The molecule has 1 fully saturated rings. The van der Waals surface area contributed by atoms with Crippen molar-refractivity contribution in [3.8, 4) is 0 Å². The SMILES string of the molecule is CC(N)CC(=O)NCC(C)N1CCOCC1. The number of carbonyl (C=O) groups is 1. The maximum Gasteiger partial charge on any atom is 0.221 e. The molecule has 0 saturated carbocycles. The third-order valence-corrected chi connectivity index (χ3v) is 2.77. The predicted octanol–water partition coefficient (Wildman–Crippen LogP) is -0.439. The molecule has 0 aromatic rings. The van der Waals surface area contributed by atoms with E-state index in [9.17, 15) is 4.79 Å². The summed E-state index contributed by atoms with van der Waals surface area (Å²) in [6, 6.07) is 0.291. The van der Waals surface area contributed by atoms with Crippen molar-refractivity contribution in [1.82, 2.24) is 10.2 Å². The highest BCUT2D eigenvalue weighted by Crippen LogP contribution is 2.02. The minimum atomic E-state index is -0.0707. The predicted molar refractivity (Wildman–Crippen MR) is 63.1 cm³/mol. The number of nitrogens with zero attached hydrogens (tertiary/aromatic N) is 1. The average Bonchev–Trinajstić information content (AvgIpc) is 2.26. The molecule has 5 nitrogen and oxygen atoms in total. The van der Waals surface area contributed by atoms with Crippen molar-refractivity contribution in [2.75, 3.05) is 32.8 Å². The van der Waals surface area contributed by atoms with Gasteiger partial charge in [0.15, 0.2) is 0 Å². The number of nitrogens with two attached hydrogens (primary N) is 1. The lowest BCUT2D eigenvalue weighted by Gasteiger charge is -2.32. The molecule has 94 valence electrons. The van der Waals surface area contributed by atoms with E-state index in [-0.39, 0.29) is 11.9 Å². The molecule has 3 N–H and O–H groups in total. The number of hydrogen-bond acceptors (Lipinski definition) is 4. The van der Waals surface area contributed by atoms with Crippen LogP contribution >= 0.6 is 0 Å². The highest BCUT2D eigenvalue weighted by Gasteiger charge is 2.17. The van der Waals surface area contributed by atoms with Crippen LogP contribution in [0.5, 0.6) is 0 Å². The Labute approximate surface area is 97.3 Å². The molecule has 16 heavy (non-hydrogen) atoms. The molecule has 1 amide bonds. The Morgan fingerprint density at radius 1 is 1.44 bits per heavy atom. The van der Waals surface area contributed by atoms with Crippen LogP contribution in [0.2, 0.25) is 0 Å². The molecule has 1 saturated heterocycles. The van der Waals surface area contributed by atoms with Gasteiger partial charge in [0.1, 0.15) is 0 Å². The Morgan fingerprint density at radius 2 is 2.06 bits per heavy atom. The van der Waals surface area contributed by atoms with E-state index < -0.39 is 0 Å². The van der Waals surface area contributed by atoms with Crippen molar-refractivity contribution < 1.29 is 9.53 Å². The second-order valence-corrected chi connectivity index (χ2v) is 4.48. The molecule has 1 aliphatic rings. The summed E-state index contributed by atoms with van der Waals surface area (Å²) < 4.78 is 5.28. The molecular weight excluding hydrogens is 206 g/mol. The smallest absolute Gasteiger partial charge is 0.221 e. The summed E-state index contributed by atoms with van der Waals surface area (Å²) in [4.78, 5) is 13.7. The van der Waals surface area contributed by atoms with Crippen molar-refractivity contribution >= 4 is 5.91 Å². The lowest BCUT2D eigenvalue weighted by atomic mass is 10.2. The molecular formula is C11H23N3O2. The summed E-state index contributed by atoms with van der Waals surface area (Å²) >= 11 is 0. The van der Waals surface area contributed by atoms with Gasteiger partial charge < -0.3 is 15.8 Å². The third kappa shape index (κ3) is 4.92. The fourth-order valence-electron chi connectivity index (χ4n) is 1.77. The third-order valence-electron chi connectivity index (χ3n) is 2.77. The van der Waals surface area contributed by atoms with Crippen LogP contribution in [0.25, 0.3) is 0 Å². The molecule has 0 radical (unpaired) electrons. The van der Waals surface area contributed by atoms with E-state index in [1.165, 1.54) is 0 Å². The van der Waals surface area contributed by atoms with Gasteiger partial charge in [0, 0.05) is 38.1 Å². The zero-order valence-corrected chi connectivity index (χ0v) is 10.2. The molecule has 1 heterocycles. The number of morpholine rings is 1. The molecule has 0 spiro atoms.